The molecule has 10 nitrogen and oxygen atoms in total. The summed E-state index contributed by atoms with van der Waals surface area (Å²) in [6, 6.07) is 6.56. The number of aromatic nitrogens is 3. The molecule has 0 saturated heterocycles. The van der Waals surface area contributed by atoms with Gasteiger partial charge in [0.1, 0.15) is 28.4 Å². The first-order valence-electron chi connectivity index (χ1n) is 8.50. The highest BCUT2D eigenvalue weighted by atomic mass is 16.5. The van der Waals surface area contributed by atoms with E-state index in [0.29, 0.717) is 11.1 Å². The minimum atomic E-state index is -0.899. The van der Waals surface area contributed by atoms with E-state index in [-0.39, 0.29) is 24.2 Å². The summed E-state index contributed by atoms with van der Waals surface area (Å²) in [5.41, 5.74) is 3.02. The molecule has 0 atom stereocenters. The fourth-order valence-electron chi connectivity index (χ4n) is 3.22. The Hall–Kier alpha value is -4.21. The van der Waals surface area contributed by atoms with Crippen molar-refractivity contribution in [1.82, 2.24) is 14.5 Å². The van der Waals surface area contributed by atoms with Crippen LogP contribution < -0.4 is 27.7 Å². The van der Waals surface area contributed by atoms with Crippen LogP contribution in [0.3, 0.4) is 0 Å². The molecular formula is C19H14N4O6. The van der Waals surface area contributed by atoms with Gasteiger partial charge in [0.05, 0.1) is 6.54 Å². The third-order valence-electron chi connectivity index (χ3n) is 4.61. The van der Waals surface area contributed by atoms with Crippen molar-refractivity contribution < 1.29 is 9.53 Å². The lowest BCUT2D eigenvalue weighted by Gasteiger charge is -2.04. The number of hydrogen-bond donors (Lipinski definition) is 3. The van der Waals surface area contributed by atoms with Crippen molar-refractivity contribution in [3.63, 3.8) is 0 Å². The second kappa shape index (κ2) is 6.75. The number of carbonyl (C=O) groups excluding carboxylic acids is 1. The van der Waals surface area contributed by atoms with Crippen LogP contribution in [0.2, 0.25) is 0 Å². The maximum absolute atomic E-state index is 12.7. The van der Waals surface area contributed by atoms with E-state index in [1.165, 1.54) is 12.4 Å². The van der Waals surface area contributed by atoms with Gasteiger partial charge in [0, 0.05) is 12.4 Å². The molecule has 0 aliphatic heterocycles. The first-order chi connectivity index (χ1) is 13.9. The number of amides is 1. The Labute approximate surface area is 160 Å². The molecule has 1 amide bonds. The highest BCUT2D eigenvalue weighted by molar-refractivity contribution is 5.94. The smallest absolute Gasteiger partial charge is 0.404 e. The van der Waals surface area contributed by atoms with E-state index in [9.17, 15) is 24.0 Å². The third-order valence-corrected chi connectivity index (χ3v) is 4.61. The number of carbonyl (C=O) groups is 1. The summed E-state index contributed by atoms with van der Waals surface area (Å²) in [6.07, 6.45) is 1.93. The lowest BCUT2D eigenvalue weighted by molar-refractivity contribution is 0.150. The second-order valence-electron chi connectivity index (χ2n) is 6.40. The van der Waals surface area contributed by atoms with E-state index in [1.807, 2.05) is 0 Å². The van der Waals surface area contributed by atoms with Gasteiger partial charge < -0.3 is 20.4 Å². The molecule has 4 rings (SSSR count). The van der Waals surface area contributed by atoms with Crippen molar-refractivity contribution in [2.75, 3.05) is 0 Å². The summed E-state index contributed by atoms with van der Waals surface area (Å²) in [4.78, 5) is 66.7. The standard InChI is InChI=1S/C19H14N4O6/c20-19(28)29-8-10-3-1-9(2-4-10)7-23-17(26)11-12(18(23)27)16(25)14-13(15(11)24)21-5-6-22-14/h1-6,21-22H,7-8H2,(H2,20,28). The summed E-state index contributed by atoms with van der Waals surface area (Å²) >= 11 is 0. The molecule has 29 heavy (non-hydrogen) atoms. The topological polar surface area (TPSA) is 157 Å². The first-order valence-corrected chi connectivity index (χ1v) is 8.50. The van der Waals surface area contributed by atoms with Crippen LogP contribution in [0.1, 0.15) is 11.1 Å². The number of primary amides is 1. The average Bonchev–Trinajstić information content (AvgIpc) is 2.96. The van der Waals surface area contributed by atoms with E-state index >= 15 is 0 Å². The molecule has 0 radical (unpaired) electrons. The molecule has 0 bridgehead atoms. The number of rotatable bonds is 4. The Morgan fingerprint density at radius 2 is 1.34 bits per heavy atom. The van der Waals surface area contributed by atoms with Crippen LogP contribution in [0, 0.1) is 0 Å². The molecule has 4 N–H and O–H groups in total. The number of nitrogens with zero attached hydrogens (tertiary/aromatic N) is 1. The molecule has 0 fully saturated rings. The number of H-pyrrole nitrogens is 2. The molecule has 4 aromatic rings. The van der Waals surface area contributed by atoms with Gasteiger partial charge in [-0.15, -0.1) is 0 Å². The van der Waals surface area contributed by atoms with Gasteiger partial charge in [-0.1, -0.05) is 24.3 Å². The van der Waals surface area contributed by atoms with E-state index in [0.717, 1.165) is 4.57 Å². The molecule has 0 unspecified atom stereocenters. The van der Waals surface area contributed by atoms with Crippen LogP contribution in [-0.2, 0) is 17.9 Å². The van der Waals surface area contributed by atoms with Crippen molar-refractivity contribution in [3.8, 4) is 0 Å². The number of nitrogens with two attached hydrogens (primary N) is 1. The van der Waals surface area contributed by atoms with Gasteiger partial charge in [0.2, 0.25) is 10.9 Å². The van der Waals surface area contributed by atoms with Gasteiger partial charge in [-0.2, -0.15) is 0 Å². The van der Waals surface area contributed by atoms with Crippen molar-refractivity contribution in [1.29, 1.82) is 0 Å². The monoisotopic (exact) mass is 394 g/mol. The second-order valence-corrected chi connectivity index (χ2v) is 6.40. The van der Waals surface area contributed by atoms with Gasteiger partial charge in [0.15, 0.2) is 0 Å². The predicted molar refractivity (Wildman–Crippen MR) is 104 cm³/mol. The molecule has 0 saturated carbocycles. The summed E-state index contributed by atoms with van der Waals surface area (Å²) in [6.45, 7) is -0.132. The minimum absolute atomic E-state index is 0.0126. The number of benzene rings is 2. The van der Waals surface area contributed by atoms with Crippen LogP contribution >= 0.6 is 0 Å². The van der Waals surface area contributed by atoms with Crippen molar-refractivity contribution >= 4 is 27.9 Å². The van der Waals surface area contributed by atoms with E-state index in [4.69, 9.17) is 5.73 Å². The Bertz CT molecular complexity index is 1400. The van der Waals surface area contributed by atoms with Crippen molar-refractivity contribution in [2.24, 2.45) is 5.73 Å². The van der Waals surface area contributed by atoms with Crippen LogP contribution in [0.25, 0.3) is 21.8 Å². The van der Waals surface area contributed by atoms with Gasteiger partial charge in [-0.3, -0.25) is 23.7 Å². The van der Waals surface area contributed by atoms with Crippen LogP contribution in [-0.4, -0.2) is 20.6 Å². The van der Waals surface area contributed by atoms with E-state index in [1.54, 1.807) is 24.3 Å². The average molecular weight is 394 g/mol. The van der Waals surface area contributed by atoms with Gasteiger partial charge in [0.25, 0.3) is 11.1 Å². The third kappa shape index (κ3) is 2.96. The Balaban J connectivity index is 1.81. The fourth-order valence-corrected chi connectivity index (χ4v) is 3.22. The van der Waals surface area contributed by atoms with Crippen molar-refractivity contribution in [2.45, 2.75) is 13.2 Å². The molecule has 2 aromatic carbocycles. The lowest BCUT2D eigenvalue weighted by atomic mass is 10.1. The molecule has 10 heteroatoms. The van der Waals surface area contributed by atoms with E-state index in [2.05, 4.69) is 14.7 Å². The van der Waals surface area contributed by atoms with E-state index < -0.39 is 38.8 Å². The zero-order valence-corrected chi connectivity index (χ0v) is 14.9. The van der Waals surface area contributed by atoms with Crippen LogP contribution in [0.15, 0.2) is 55.8 Å². The Morgan fingerprint density at radius 1 is 0.862 bits per heavy atom. The number of nitrogens with one attached hydrogen (secondary N) is 2. The van der Waals surface area contributed by atoms with Gasteiger partial charge in [-0.25, -0.2) is 4.79 Å². The zero-order chi connectivity index (χ0) is 20.7. The normalized spacial score (nSPS) is 11.2. The molecule has 2 heterocycles. The van der Waals surface area contributed by atoms with Crippen LogP contribution in [0.4, 0.5) is 4.79 Å². The zero-order valence-electron chi connectivity index (χ0n) is 14.9. The summed E-state index contributed by atoms with van der Waals surface area (Å²) < 4.78 is 5.55. The largest absolute Gasteiger partial charge is 0.445 e. The quantitative estimate of drug-likeness (QED) is 0.441. The first kappa shape index (κ1) is 18.2. The number of hydrogen-bond acceptors (Lipinski definition) is 6. The molecule has 2 aromatic heterocycles. The van der Waals surface area contributed by atoms with Gasteiger partial charge in [-0.05, 0) is 11.1 Å². The number of fused-ring (bicyclic) bond motifs is 2. The number of aromatic amines is 2. The Morgan fingerprint density at radius 3 is 1.83 bits per heavy atom. The molecule has 0 aliphatic carbocycles. The van der Waals surface area contributed by atoms with Gasteiger partial charge >= 0.3 is 6.09 Å². The fraction of sp³-hybridized carbons (Fsp3) is 0.105. The Kier molecular flexibility index (Phi) is 4.23. The summed E-state index contributed by atoms with van der Waals surface area (Å²) in [5.74, 6) is 0. The maximum Gasteiger partial charge on any atom is 0.404 e. The highest BCUT2D eigenvalue weighted by Gasteiger charge is 2.22. The highest BCUT2D eigenvalue weighted by Crippen LogP contribution is 2.08. The molecule has 146 valence electrons. The minimum Gasteiger partial charge on any atom is -0.445 e. The van der Waals surface area contributed by atoms with Crippen LogP contribution in [0.5, 0.6) is 0 Å². The molecular weight excluding hydrogens is 380 g/mol. The molecule has 0 aliphatic rings. The maximum atomic E-state index is 12.7. The van der Waals surface area contributed by atoms with Crippen molar-refractivity contribution in [3.05, 3.63) is 88.9 Å². The summed E-state index contributed by atoms with van der Waals surface area (Å²) in [7, 11) is 0. The lowest BCUT2D eigenvalue weighted by Crippen LogP contribution is -2.27. The SMILES string of the molecule is NC(=O)OCc1ccc(Cn2c(=O)c3c(=O)c4[nH]cc[nH]c4c(=O)c3c2=O)cc1. The summed E-state index contributed by atoms with van der Waals surface area (Å²) in [5, 5.41) is -0.843. The predicted octanol–water partition coefficient (Wildman–Crippen LogP) is -0.0271. The number of ether oxygens (including phenoxy) is 1. The molecule has 0 spiro atoms.